The van der Waals surface area contributed by atoms with E-state index in [1.54, 1.807) is 11.3 Å². The van der Waals surface area contributed by atoms with Crippen molar-refractivity contribution in [3.05, 3.63) is 17.5 Å². The minimum Gasteiger partial charge on any atom is -0.366 e. The Labute approximate surface area is 93.8 Å². The molecule has 0 aliphatic rings. The Balaban J connectivity index is 2.00. The number of thiophene rings is 1. The van der Waals surface area contributed by atoms with Crippen molar-refractivity contribution in [2.75, 3.05) is 5.73 Å². The Morgan fingerprint density at radius 2 is 2.00 bits per heavy atom. The molecule has 3 heterocycles. The second-order valence-electron chi connectivity index (χ2n) is 3.03. The number of hydrogen-bond acceptors (Lipinski definition) is 6. The van der Waals surface area contributed by atoms with E-state index >= 15 is 0 Å². The molecule has 0 saturated carbocycles. The first-order valence-corrected chi connectivity index (χ1v) is 5.35. The van der Waals surface area contributed by atoms with Crippen LogP contribution in [0.3, 0.4) is 0 Å². The summed E-state index contributed by atoms with van der Waals surface area (Å²) in [5.41, 5.74) is 5.40. The highest BCUT2D eigenvalue weighted by atomic mass is 32.1. The van der Waals surface area contributed by atoms with E-state index in [2.05, 4.69) is 30.4 Å². The number of aromatic nitrogens is 6. The highest BCUT2D eigenvalue weighted by Gasteiger charge is 2.11. The number of aromatic amines is 2. The van der Waals surface area contributed by atoms with E-state index in [0.717, 1.165) is 4.88 Å². The van der Waals surface area contributed by atoms with Gasteiger partial charge in [-0.25, -0.2) is 4.98 Å². The maximum absolute atomic E-state index is 5.40. The summed E-state index contributed by atoms with van der Waals surface area (Å²) >= 11 is 1.59. The van der Waals surface area contributed by atoms with Gasteiger partial charge in [0.05, 0.1) is 4.88 Å². The quantitative estimate of drug-likeness (QED) is 0.609. The summed E-state index contributed by atoms with van der Waals surface area (Å²) < 4.78 is 0. The van der Waals surface area contributed by atoms with Crippen LogP contribution in [0.25, 0.3) is 22.4 Å². The molecule has 0 saturated heterocycles. The van der Waals surface area contributed by atoms with Crippen LogP contribution in [-0.2, 0) is 0 Å². The predicted molar refractivity (Wildman–Crippen MR) is 59.5 cm³/mol. The van der Waals surface area contributed by atoms with Gasteiger partial charge in [-0.1, -0.05) is 6.07 Å². The molecule has 3 rings (SSSR count). The molecule has 4 N–H and O–H groups in total. The molecule has 80 valence electrons. The number of nitrogens with zero attached hydrogens (tertiary/aromatic N) is 4. The second-order valence-corrected chi connectivity index (χ2v) is 3.97. The highest BCUT2D eigenvalue weighted by molar-refractivity contribution is 7.13. The van der Waals surface area contributed by atoms with Crippen LogP contribution in [0.5, 0.6) is 0 Å². The van der Waals surface area contributed by atoms with Crippen LogP contribution in [0.15, 0.2) is 17.5 Å². The van der Waals surface area contributed by atoms with Gasteiger partial charge in [-0.05, 0) is 11.4 Å². The number of H-pyrrole nitrogens is 2. The van der Waals surface area contributed by atoms with Crippen LogP contribution >= 0.6 is 11.3 Å². The van der Waals surface area contributed by atoms with Gasteiger partial charge in [-0.3, -0.25) is 10.2 Å². The third-order valence-corrected chi connectivity index (χ3v) is 2.83. The molecule has 0 aliphatic carbocycles. The number of anilines is 1. The molecule has 0 amide bonds. The fraction of sp³-hybridized carbons (Fsp3) is 0. The zero-order chi connectivity index (χ0) is 11.0. The minimum atomic E-state index is 0.178. The van der Waals surface area contributed by atoms with Crippen molar-refractivity contribution in [2.24, 2.45) is 0 Å². The Morgan fingerprint density at radius 3 is 2.69 bits per heavy atom. The van der Waals surface area contributed by atoms with Crippen LogP contribution in [0.4, 0.5) is 5.95 Å². The Hall–Kier alpha value is -2.22. The van der Waals surface area contributed by atoms with Gasteiger partial charge in [-0.15, -0.1) is 21.5 Å². The number of hydrogen-bond donors (Lipinski definition) is 3. The van der Waals surface area contributed by atoms with Crippen molar-refractivity contribution in [3.8, 4) is 22.4 Å². The summed E-state index contributed by atoms with van der Waals surface area (Å²) in [7, 11) is 0. The number of nitrogen functional groups attached to an aromatic ring is 1. The van der Waals surface area contributed by atoms with Crippen molar-refractivity contribution in [1.82, 2.24) is 30.4 Å². The lowest BCUT2D eigenvalue weighted by Gasteiger charge is -1.85. The second kappa shape index (κ2) is 3.42. The minimum absolute atomic E-state index is 0.178. The van der Waals surface area contributed by atoms with Gasteiger partial charge in [0.1, 0.15) is 0 Å². The summed E-state index contributed by atoms with van der Waals surface area (Å²) in [6.07, 6.45) is 0. The van der Waals surface area contributed by atoms with Gasteiger partial charge in [-0.2, -0.15) is 4.98 Å². The van der Waals surface area contributed by atoms with E-state index in [1.165, 1.54) is 0 Å². The number of nitrogens with one attached hydrogen (secondary N) is 2. The lowest BCUT2D eigenvalue weighted by molar-refractivity contribution is 1.05. The molecule has 0 unspecified atom stereocenters. The van der Waals surface area contributed by atoms with E-state index < -0.39 is 0 Å². The van der Waals surface area contributed by atoms with Gasteiger partial charge in [0.2, 0.25) is 11.8 Å². The third-order valence-electron chi connectivity index (χ3n) is 1.95. The lowest BCUT2D eigenvalue weighted by Crippen LogP contribution is -1.86. The maximum Gasteiger partial charge on any atom is 0.239 e. The summed E-state index contributed by atoms with van der Waals surface area (Å²) in [5, 5.41) is 15.2. The molecule has 8 heteroatoms. The fourth-order valence-corrected chi connectivity index (χ4v) is 1.93. The fourth-order valence-electron chi connectivity index (χ4n) is 1.27. The van der Waals surface area contributed by atoms with Gasteiger partial charge in [0.15, 0.2) is 11.6 Å². The largest absolute Gasteiger partial charge is 0.366 e. The standard InChI is InChI=1S/C8H7N7S/c9-8-11-7(14-15-8)6-10-5(12-13-6)4-2-1-3-16-4/h1-3H,(H,10,12,13)(H3,9,11,14,15). The van der Waals surface area contributed by atoms with Crippen LogP contribution in [0.2, 0.25) is 0 Å². The first-order chi connectivity index (χ1) is 7.83. The van der Waals surface area contributed by atoms with Crippen LogP contribution in [0.1, 0.15) is 0 Å². The zero-order valence-corrected chi connectivity index (χ0v) is 8.82. The summed E-state index contributed by atoms with van der Waals surface area (Å²) in [6.45, 7) is 0. The molecule has 0 fully saturated rings. The SMILES string of the molecule is Nc1n[nH]c(-c2n[nH]c(-c3cccs3)n2)n1. The number of rotatable bonds is 2. The van der Waals surface area contributed by atoms with Crippen LogP contribution < -0.4 is 5.73 Å². The molecule has 7 nitrogen and oxygen atoms in total. The third kappa shape index (κ3) is 1.44. The van der Waals surface area contributed by atoms with Crippen molar-refractivity contribution in [1.29, 1.82) is 0 Å². The normalized spacial score (nSPS) is 10.8. The maximum atomic E-state index is 5.40. The molecule has 3 aromatic rings. The van der Waals surface area contributed by atoms with Crippen molar-refractivity contribution < 1.29 is 0 Å². The number of nitrogens with two attached hydrogens (primary N) is 1. The van der Waals surface area contributed by atoms with E-state index in [0.29, 0.717) is 17.5 Å². The van der Waals surface area contributed by atoms with E-state index in [4.69, 9.17) is 5.73 Å². The van der Waals surface area contributed by atoms with Gasteiger partial charge < -0.3 is 5.73 Å². The molecule has 0 aromatic carbocycles. The molecule has 0 bridgehead atoms. The summed E-state index contributed by atoms with van der Waals surface area (Å²) in [6, 6.07) is 3.92. The Bertz CT molecular complexity index is 593. The molecular weight excluding hydrogens is 226 g/mol. The highest BCUT2D eigenvalue weighted by Crippen LogP contribution is 2.22. The average Bonchev–Trinajstić information content (AvgIpc) is 2.97. The smallest absolute Gasteiger partial charge is 0.239 e. The van der Waals surface area contributed by atoms with E-state index in [1.807, 2.05) is 17.5 Å². The molecule has 16 heavy (non-hydrogen) atoms. The first-order valence-electron chi connectivity index (χ1n) is 4.47. The van der Waals surface area contributed by atoms with Crippen LogP contribution in [-0.4, -0.2) is 30.4 Å². The summed E-state index contributed by atoms with van der Waals surface area (Å²) in [5.74, 6) is 1.79. The van der Waals surface area contributed by atoms with Gasteiger partial charge in [0, 0.05) is 0 Å². The van der Waals surface area contributed by atoms with Crippen LogP contribution in [0, 0.1) is 0 Å². The van der Waals surface area contributed by atoms with Crippen molar-refractivity contribution in [3.63, 3.8) is 0 Å². The summed E-state index contributed by atoms with van der Waals surface area (Å²) in [4.78, 5) is 9.26. The van der Waals surface area contributed by atoms with Crippen molar-refractivity contribution in [2.45, 2.75) is 0 Å². The molecule has 3 aromatic heterocycles. The molecule has 0 radical (unpaired) electrons. The Morgan fingerprint density at radius 1 is 1.12 bits per heavy atom. The van der Waals surface area contributed by atoms with Gasteiger partial charge >= 0.3 is 0 Å². The monoisotopic (exact) mass is 233 g/mol. The molecule has 0 spiro atoms. The average molecular weight is 233 g/mol. The zero-order valence-electron chi connectivity index (χ0n) is 8.01. The van der Waals surface area contributed by atoms with Crippen molar-refractivity contribution >= 4 is 17.3 Å². The van der Waals surface area contributed by atoms with Gasteiger partial charge in [0.25, 0.3) is 0 Å². The first kappa shape index (κ1) is 9.04. The molecule has 0 aliphatic heterocycles. The van der Waals surface area contributed by atoms with E-state index in [9.17, 15) is 0 Å². The molecule has 0 atom stereocenters. The topological polar surface area (TPSA) is 109 Å². The molecular formula is C8H7N7S. The lowest BCUT2D eigenvalue weighted by atomic mass is 10.4. The predicted octanol–water partition coefficient (Wildman–Crippen LogP) is 0.900. The Kier molecular flexibility index (Phi) is 1.93. The van der Waals surface area contributed by atoms with E-state index in [-0.39, 0.29) is 5.95 Å².